The molecule has 1 N–H and O–H groups in total. The van der Waals surface area contributed by atoms with Crippen LogP contribution in [0.2, 0.25) is 0 Å². The van der Waals surface area contributed by atoms with E-state index in [2.05, 4.69) is 9.97 Å². The molecule has 0 aliphatic heterocycles. The van der Waals surface area contributed by atoms with E-state index in [-0.39, 0.29) is 5.56 Å². The van der Waals surface area contributed by atoms with Gasteiger partial charge >= 0.3 is 0 Å². The second-order valence-electron chi connectivity index (χ2n) is 3.69. The number of hydrogen-bond donors (Lipinski definition) is 1. The molecule has 0 radical (unpaired) electrons. The van der Waals surface area contributed by atoms with Crippen LogP contribution in [0.3, 0.4) is 0 Å². The lowest BCUT2D eigenvalue weighted by Gasteiger charge is -1.99. The first kappa shape index (κ1) is 11.1. The van der Waals surface area contributed by atoms with Gasteiger partial charge in [0.15, 0.2) is 0 Å². The zero-order valence-electron chi connectivity index (χ0n) is 9.40. The minimum atomic E-state index is -0.136. The van der Waals surface area contributed by atoms with E-state index in [4.69, 9.17) is 5.26 Å². The van der Waals surface area contributed by atoms with Crippen molar-refractivity contribution in [3.8, 4) is 6.07 Å². The van der Waals surface area contributed by atoms with Crippen molar-refractivity contribution in [1.82, 2.24) is 9.97 Å². The van der Waals surface area contributed by atoms with Gasteiger partial charge in [0.25, 0.3) is 5.56 Å². The SMILES string of the molecule is Cc1nc2ccc(C=CCC#N)cc2c(=O)[nH]1. The van der Waals surface area contributed by atoms with Crippen LogP contribution in [0.15, 0.2) is 29.1 Å². The molecule has 0 bridgehead atoms. The summed E-state index contributed by atoms with van der Waals surface area (Å²) >= 11 is 0. The highest BCUT2D eigenvalue weighted by Crippen LogP contribution is 2.11. The van der Waals surface area contributed by atoms with Gasteiger partial charge in [-0.05, 0) is 24.6 Å². The maximum Gasteiger partial charge on any atom is 0.258 e. The zero-order valence-corrected chi connectivity index (χ0v) is 9.40. The predicted molar refractivity (Wildman–Crippen MR) is 66.4 cm³/mol. The standard InChI is InChI=1S/C13H11N3O/c1-9-15-12-6-5-10(4-2-3-7-14)8-11(12)13(17)16-9/h2,4-6,8H,3H2,1H3,(H,15,16,17). The molecule has 0 fully saturated rings. The van der Waals surface area contributed by atoms with Crippen molar-refractivity contribution in [2.45, 2.75) is 13.3 Å². The summed E-state index contributed by atoms with van der Waals surface area (Å²) in [5, 5.41) is 8.99. The minimum absolute atomic E-state index is 0.136. The number of aromatic nitrogens is 2. The van der Waals surface area contributed by atoms with Crippen LogP contribution in [0, 0.1) is 18.3 Å². The Morgan fingerprint density at radius 1 is 1.53 bits per heavy atom. The monoisotopic (exact) mass is 225 g/mol. The Balaban J connectivity index is 2.51. The number of H-pyrrole nitrogens is 1. The van der Waals surface area contributed by atoms with Crippen LogP contribution in [-0.2, 0) is 0 Å². The molecule has 1 aromatic heterocycles. The summed E-state index contributed by atoms with van der Waals surface area (Å²) in [4.78, 5) is 18.6. The number of benzene rings is 1. The molecule has 0 unspecified atom stereocenters. The van der Waals surface area contributed by atoms with Gasteiger partial charge in [-0.25, -0.2) is 4.98 Å². The Bertz CT molecular complexity index is 677. The van der Waals surface area contributed by atoms with Crippen molar-refractivity contribution in [3.63, 3.8) is 0 Å². The fourth-order valence-electron chi connectivity index (χ4n) is 1.62. The molecule has 1 heterocycles. The predicted octanol–water partition coefficient (Wildman–Crippen LogP) is 2.16. The van der Waals surface area contributed by atoms with Gasteiger partial charge in [-0.15, -0.1) is 0 Å². The first-order chi connectivity index (χ1) is 8.20. The highest BCUT2D eigenvalue weighted by molar-refractivity contribution is 5.80. The maximum absolute atomic E-state index is 11.7. The number of allylic oxidation sites excluding steroid dienone is 1. The summed E-state index contributed by atoms with van der Waals surface area (Å²) in [5.41, 5.74) is 1.44. The highest BCUT2D eigenvalue weighted by atomic mass is 16.1. The van der Waals surface area contributed by atoms with E-state index in [0.717, 1.165) is 5.56 Å². The van der Waals surface area contributed by atoms with Crippen LogP contribution in [0.1, 0.15) is 17.8 Å². The lowest BCUT2D eigenvalue weighted by Crippen LogP contribution is -2.09. The molecule has 0 spiro atoms. The van der Waals surface area contributed by atoms with Crippen molar-refractivity contribution in [2.24, 2.45) is 0 Å². The Morgan fingerprint density at radius 3 is 3.12 bits per heavy atom. The first-order valence-corrected chi connectivity index (χ1v) is 5.25. The topological polar surface area (TPSA) is 69.5 Å². The molecule has 4 nitrogen and oxygen atoms in total. The van der Waals surface area contributed by atoms with Gasteiger partial charge in [0, 0.05) is 0 Å². The van der Waals surface area contributed by atoms with E-state index in [1.165, 1.54) is 0 Å². The van der Waals surface area contributed by atoms with E-state index < -0.39 is 0 Å². The Hall–Kier alpha value is -2.41. The molecule has 2 rings (SSSR count). The normalized spacial score (nSPS) is 10.8. The van der Waals surface area contributed by atoms with Crippen LogP contribution in [0.25, 0.3) is 17.0 Å². The van der Waals surface area contributed by atoms with Crippen molar-refractivity contribution < 1.29 is 0 Å². The van der Waals surface area contributed by atoms with Crippen LogP contribution < -0.4 is 5.56 Å². The molecule has 0 amide bonds. The van der Waals surface area contributed by atoms with Crippen molar-refractivity contribution in [3.05, 3.63) is 46.0 Å². The highest BCUT2D eigenvalue weighted by Gasteiger charge is 2.01. The number of hydrogen-bond acceptors (Lipinski definition) is 3. The van der Waals surface area contributed by atoms with Crippen molar-refractivity contribution >= 4 is 17.0 Å². The average Bonchev–Trinajstić information content (AvgIpc) is 2.30. The molecule has 17 heavy (non-hydrogen) atoms. The molecule has 4 heteroatoms. The summed E-state index contributed by atoms with van der Waals surface area (Å²) in [6.45, 7) is 1.75. The van der Waals surface area contributed by atoms with E-state index in [1.54, 1.807) is 19.1 Å². The molecular formula is C13H11N3O. The van der Waals surface area contributed by atoms with E-state index in [0.29, 0.717) is 23.1 Å². The number of fused-ring (bicyclic) bond motifs is 1. The molecule has 0 aliphatic carbocycles. The van der Waals surface area contributed by atoms with Gasteiger partial charge in [-0.3, -0.25) is 4.79 Å². The second-order valence-corrected chi connectivity index (χ2v) is 3.69. The van der Waals surface area contributed by atoms with E-state index >= 15 is 0 Å². The van der Waals surface area contributed by atoms with Gasteiger partial charge in [0.2, 0.25) is 0 Å². The van der Waals surface area contributed by atoms with Crippen molar-refractivity contribution in [1.29, 1.82) is 5.26 Å². The lowest BCUT2D eigenvalue weighted by atomic mass is 10.1. The third-order valence-corrected chi connectivity index (χ3v) is 2.37. The number of aromatic amines is 1. The summed E-state index contributed by atoms with van der Waals surface area (Å²) < 4.78 is 0. The summed E-state index contributed by atoms with van der Waals surface area (Å²) in [6, 6.07) is 7.49. The van der Waals surface area contributed by atoms with E-state index in [1.807, 2.05) is 24.3 Å². The molecule has 2 aromatic rings. The maximum atomic E-state index is 11.7. The average molecular weight is 225 g/mol. The lowest BCUT2D eigenvalue weighted by molar-refractivity contribution is 1.06. The third kappa shape index (κ3) is 2.40. The number of nitrogens with one attached hydrogen (secondary N) is 1. The van der Waals surface area contributed by atoms with Crippen LogP contribution >= 0.6 is 0 Å². The van der Waals surface area contributed by atoms with Crippen LogP contribution in [0.5, 0.6) is 0 Å². The molecule has 1 aromatic carbocycles. The second kappa shape index (κ2) is 4.62. The Kier molecular flexibility index (Phi) is 3.01. The smallest absolute Gasteiger partial charge is 0.258 e. The number of aryl methyl sites for hydroxylation is 1. The third-order valence-electron chi connectivity index (χ3n) is 2.37. The molecule has 0 aliphatic rings. The first-order valence-electron chi connectivity index (χ1n) is 5.25. The fraction of sp³-hybridized carbons (Fsp3) is 0.154. The van der Waals surface area contributed by atoms with Crippen LogP contribution in [-0.4, -0.2) is 9.97 Å². The number of nitrogens with zero attached hydrogens (tertiary/aromatic N) is 2. The Labute approximate surface area is 98.2 Å². The molecule has 0 atom stereocenters. The van der Waals surface area contributed by atoms with Gasteiger partial charge in [0.1, 0.15) is 5.82 Å². The molecule has 84 valence electrons. The minimum Gasteiger partial charge on any atom is -0.310 e. The van der Waals surface area contributed by atoms with Gasteiger partial charge < -0.3 is 4.98 Å². The van der Waals surface area contributed by atoms with Gasteiger partial charge in [-0.1, -0.05) is 18.2 Å². The number of rotatable bonds is 2. The Morgan fingerprint density at radius 2 is 2.35 bits per heavy atom. The molecule has 0 saturated carbocycles. The number of nitriles is 1. The molecular weight excluding hydrogens is 214 g/mol. The van der Waals surface area contributed by atoms with Crippen LogP contribution in [0.4, 0.5) is 0 Å². The summed E-state index contributed by atoms with van der Waals surface area (Å²) in [6.07, 6.45) is 3.94. The van der Waals surface area contributed by atoms with Crippen molar-refractivity contribution in [2.75, 3.05) is 0 Å². The van der Waals surface area contributed by atoms with Gasteiger partial charge in [-0.2, -0.15) is 5.26 Å². The fourth-order valence-corrected chi connectivity index (χ4v) is 1.62. The van der Waals surface area contributed by atoms with Gasteiger partial charge in [0.05, 0.1) is 23.4 Å². The largest absolute Gasteiger partial charge is 0.310 e. The molecule has 0 saturated heterocycles. The summed E-state index contributed by atoms with van der Waals surface area (Å²) in [7, 11) is 0. The summed E-state index contributed by atoms with van der Waals surface area (Å²) in [5.74, 6) is 0.607. The van der Waals surface area contributed by atoms with E-state index in [9.17, 15) is 4.79 Å². The zero-order chi connectivity index (χ0) is 12.3. The quantitative estimate of drug-likeness (QED) is 0.851.